The van der Waals surface area contributed by atoms with E-state index in [9.17, 15) is 14.7 Å². The number of allylic oxidation sites excluding steroid dienone is 3. The van der Waals surface area contributed by atoms with Crippen molar-refractivity contribution in [1.82, 2.24) is 5.32 Å². The van der Waals surface area contributed by atoms with Crippen LogP contribution in [0.5, 0.6) is 0 Å². The summed E-state index contributed by atoms with van der Waals surface area (Å²) in [7, 11) is 3.14. The number of ether oxygens (including phenoxy) is 7. The third-order valence-electron chi connectivity index (χ3n) is 9.96. The van der Waals surface area contributed by atoms with E-state index in [-0.39, 0.29) is 35.7 Å². The number of carbonyl (C=O) groups excluding carboxylic acids is 2. The lowest BCUT2D eigenvalue weighted by Crippen LogP contribution is -2.67. The summed E-state index contributed by atoms with van der Waals surface area (Å²) >= 11 is 6.01. The molecule has 260 valence electrons. The van der Waals surface area contributed by atoms with Gasteiger partial charge in [-0.1, -0.05) is 49.5 Å². The van der Waals surface area contributed by atoms with Gasteiger partial charge in [-0.05, 0) is 39.3 Å². The van der Waals surface area contributed by atoms with Crippen LogP contribution < -0.4 is 5.32 Å². The molecular weight excluding hydrogens is 630 g/mol. The van der Waals surface area contributed by atoms with Crippen molar-refractivity contribution in [2.75, 3.05) is 14.2 Å². The van der Waals surface area contributed by atoms with E-state index in [1.165, 1.54) is 7.11 Å². The monoisotopic (exact) mass is 677 g/mol. The Kier molecular flexibility index (Phi) is 11.1. The standard InChI is InChI=1S/C35H48ClNO10/c1-19-14-24(13-11-9-8-10-12-23-16-25(23)36)44-28(38)18-35(40)17-27(21(3)29(46-35)20(2)26(15-19)41-6)45-32-31(42-7)34(5)30(22(4)43-32)37-33(39)47-34/h8-9,11,13,15,20-27,29-32,40H,14,16-18H2,1-7H3,(H,37,39)/b9-8+,13-11+,19-15+/t20-,21-,22+,23-,24+,25-,26-,27+,29+,30+,31+,32-,34-,35+/m1/s1. The number of halogens is 1. The molecule has 0 aromatic heterocycles. The SMILES string of the molecule is CO[C@@H]1/C=C(\C)C[C@H](/C=C/C=C/C#C[C@@H]2C[C@H]2Cl)OC(=O)C[C@]2(O)C[C@H](O[C@H]3O[C@@H](C)[C@@H]4NC(=O)O[C@@]4(C)[C@H]3OC)[C@@H](C)[C@@H](O2)[C@@H]1C. The van der Waals surface area contributed by atoms with Crippen molar-refractivity contribution in [3.63, 3.8) is 0 Å². The van der Waals surface area contributed by atoms with E-state index in [0.717, 1.165) is 12.0 Å². The van der Waals surface area contributed by atoms with E-state index in [2.05, 4.69) is 17.2 Å². The van der Waals surface area contributed by atoms with Crippen molar-refractivity contribution in [1.29, 1.82) is 0 Å². The molecule has 0 unspecified atom stereocenters. The molecule has 1 aliphatic carbocycles. The Hall–Kier alpha value is -2.43. The number of rotatable bonds is 6. The fourth-order valence-corrected chi connectivity index (χ4v) is 7.51. The zero-order valence-electron chi connectivity index (χ0n) is 28.1. The minimum absolute atomic E-state index is 0.0338. The molecule has 2 N–H and O–H groups in total. The molecule has 1 saturated carbocycles. The van der Waals surface area contributed by atoms with Gasteiger partial charge < -0.3 is 43.6 Å². The van der Waals surface area contributed by atoms with Crippen LogP contribution in [0.15, 0.2) is 36.0 Å². The summed E-state index contributed by atoms with van der Waals surface area (Å²) in [6, 6.07) is -0.443. The van der Waals surface area contributed by atoms with Gasteiger partial charge in [-0.15, -0.1) is 11.6 Å². The Morgan fingerprint density at radius 1 is 1.15 bits per heavy atom. The fraction of sp³-hybridized carbons (Fsp3) is 0.714. The fourth-order valence-electron chi connectivity index (χ4n) is 7.26. The molecule has 14 atom stereocenters. The molecule has 5 rings (SSSR count). The number of methoxy groups -OCH3 is 2. The first-order valence-electron chi connectivity index (χ1n) is 16.4. The van der Waals surface area contributed by atoms with Gasteiger partial charge in [-0.2, -0.15) is 0 Å². The third kappa shape index (κ3) is 8.07. The number of cyclic esters (lactones) is 1. The van der Waals surface area contributed by atoms with Gasteiger partial charge in [0.2, 0.25) is 0 Å². The van der Waals surface area contributed by atoms with E-state index < -0.39 is 72.7 Å². The highest BCUT2D eigenvalue weighted by Crippen LogP contribution is 2.44. The quantitative estimate of drug-likeness (QED) is 0.139. The highest BCUT2D eigenvalue weighted by atomic mass is 35.5. The highest BCUT2D eigenvalue weighted by Gasteiger charge is 2.61. The third-order valence-corrected chi connectivity index (χ3v) is 10.4. The first kappa shape index (κ1) is 35.9. The summed E-state index contributed by atoms with van der Waals surface area (Å²) in [5.41, 5.74) is -0.0797. The number of nitrogens with one attached hydrogen (secondary N) is 1. The van der Waals surface area contributed by atoms with Crippen LogP contribution in [0.2, 0.25) is 0 Å². The van der Waals surface area contributed by atoms with Crippen molar-refractivity contribution < 1.29 is 47.9 Å². The Morgan fingerprint density at radius 2 is 1.89 bits per heavy atom. The molecule has 4 aliphatic heterocycles. The molecule has 0 radical (unpaired) electrons. The maximum atomic E-state index is 13.4. The van der Waals surface area contributed by atoms with Gasteiger partial charge >= 0.3 is 12.1 Å². The molecule has 47 heavy (non-hydrogen) atoms. The Labute approximate surface area is 282 Å². The second-order valence-corrected chi connectivity index (χ2v) is 14.3. The van der Waals surface area contributed by atoms with Crippen molar-refractivity contribution in [3.8, 4) is 11.8 Å². The van der Waals surface area contributed by atoms with Crippen LogP contribution in [-0.2, 0) is 38.0 Å². The molecule has 5 aliphatic rings. The van der Waals surface area contributed by atoms with Gasteiger partial charge in [0.1, 0.15) is 18.2 Å². The lowest BCUT2D eigenvalue weighted by molar-refractivity contribution is -0.348. The molecular formula is C35H48ClNO10. The van der Waals surface area contributed by atoms with E-state index >= 15 is 0 Å². The van der Waals surface area contributed by atoms with Gasteiger partial charge in [-0.3, -0.25) is 4.79 Å². The summed E-state index contributed by atoms with van der Waals surface area (Å²) in [6.45, 7) is 9.57. The van der Waals surface area contributed by atoms with Crippen LogP contribution in [0, 0.1) is 29.6 Å². The summed E-state index contributed by atoms with van der Waals surface area (Å²) in [6.07, 6.45) is 5.17. The van der Waals surface area contributed by atoms with Crippen molar-refractivity contribution in [2.45, 2.75) is 126 Å². The summed E-state index contributed by atoms with van der Waals surface area (Å²) in [5.74, 6) is 3.34. The molecule has 0 aromatic rings. The number of esters is 1. The maximum Gasteiger partial charge on any atom is 0.408 e. The molecule has 1 amide bonds. The van der Waals surface area contributed by atoms with Crippen molar-refractivity contribution in [2.24, 2.45) is 17.8 Å². The number of alkyl carbamates (subject to hydrolysis) is 1. The Balaban J connectivity index is 1.37. The van der Waals surface area contributed by atoms with Crippen LogP contribution in [-0.4, -0.2) is 97.1 Å². The van der Waals surface area contributed by atoms with Gasteiger partial charge in [0.15, 0.2) is 17.7 Å². The molecule has 3 saturated heterocycles. The van der Waals surface area contributed by atoms with Gasteiger partial charge in [-0.25, -0.2) is 4.79 Å². The van der Waals surface area contributed by atoms with Gasteiger partial charge in [0.05, 0.1) is 30.8 Å². The van der Waals surface area contributed by atoms with E-state index in [1.807, 2.05) is 33.8 Å². The van der Waals surface area contributed by atoms with Gasteiger partial charge in [0.25, 0.3) is 0 Å². The largest absolute Gasteiger partial charge is 0.458 e. The number of hydrogen-bond donors (Lipinski definition) is 2. The predicted molar refractivity (Wildman–Crippen MR) is 172 cm³/mol. The molecule has 11 nitrogen and oxygen atoms in total. The highest BCUT2D eigenvalue weighted by molar-refractivity contribution is 6.22. The second kappa shape index (κ2) is 14.6. The zero-order valence-corrected chi connectivity index (χ0v) is 28.9. The lowest BCUT2D eigenvalue weighted by atomic mass is 9.79. The van der Waals surface area contributed by atoms with Crippen LogP contribution in [0.4, 0.5) is 4.79 Å². The number of fused-ring (bicyclic) bond motifs is 3. The smallest absolute Gasteiger partial charge is 0.408 e. The molecule has 4 heterocycles. The average molecular weight is 678 g/mol. The number of amides is 1. The first-order valence-corrected chi connectivity index (χ1v) is 16.8. The number of aliphatic hydroxyl groups is 1. The van der Waals surface area contributed by atoms with Crippen LogP contribution in [0.1, 0.15) is 60.3 Å². The minimum atomic E-state index is -1.90. The van der Waals surface area contributed by atoms with E-state index in [0.29, 0.717) is 6.42 Å². The maximum absolute atomic E-state index is 13.4. The zero-order chi connectivity index (χ0) is 34.1. The Bertz CT molecular complexity index is 1320. The first-order chi connectivity index (χ1) is 22.3. The lowest BCUT2D eigenvalue weighted by Gasteiger charge is -2.51. The summed E-state index contributed by atoms with van der Waals surface area (Å²) < 4.78 is 42.5. The molecule has 4 fully saturated rings. The summed E-state index contributed by atoms with van der Waals surface area (Å²) in [5, 5.41) is 14.8. The van der Waals surface area contributed by atoms with Gasteiger partial charge in [0, 0.05) is 50.2 Å². The molecule has 12 heteroatoms. The normalized spacial score (nSPS) is 46.5. The number of alkyl halides is 1. The number of carbonyl (C=O) groups is 2. The second-order valence-electron chi connectivity index (χ2n) is 13.7. The van der Waals surface area contributed by atoms with Crippen molar-refractivity contribution in [3.05, 3.63) is 36.0 Å². The molecule has 2 bridgehead atoms. The molecule has 0 aromatic carbocycles. The van der Waals surface area contributed by atoms with E-state index in [1.54, 1.807) is 38.3 Å². The van der Waals surface area contributed by atoms with Crippen molar-refractivity contribution >= 4 is 23.7 Å². The summed E-state index contributed by atoms with van der Waals surface area (Å²) in [4.78, 5) is 25.6. The molecule has 0 spiro atoms. The van der Waals surface area contributed by atoms with Crippen LogP contribution >= 0.6 is 11.6 Å². The minimum Gasteiger partial charge on any atom is -0.458 e. The predicted octanol–water partition coefficient (Wildman–Crippen LogP) is 4.16. The van der Waals surface area contributed by atoms with Crippen LogP contribution in [0.25, 0.3) is 0 Å². The Morgan fingerprint density at radius 3 is 2.57 bits per heavy atom. The van der Waals surface area contributed by atoms with E-state index in [4.69, 9.17) is 44.8 Å². The topological polar surface area (TPSA) is 131 Å². The average Bonchev–Trinajstić information content (AvgIpc) is 3.60. The number of hydrogen-bond acceptors (Lipinski definition) is 10. The van der Waals surface area contributed by atoms with Crippen LogP contribution in [0.3, 0.4) is 0 Å².